The molecule has 1 aliphatic heterocycles. The normalized spacial score (nSPS) is 16.5. The van der Waals surface area contributed by atoms with Gasteiger partial charge in [-0.25, -0.2) is 0 Å². The molecule has 1 aromatic carbocycles. The second kappa shape index (κ2) is 5.87. The van der Waals surface area contributed by atoms with Crippen molar-refractivity contribution in [3.8, 4) is 0 Å². The van der Waals surface area contributed by atoms with E-state index in [-0.39, 0.29) is 17.7 Å². The summed E-state index contributed by atoms with van der Waals surface area (Å²) >= 11 is 0. The molecule has 0 spiro atoms. The first-order chi connectivity index (χ1) is 9.11. The van der Waals surface area contributed by atoms with Gasteiger partial charge in [0.25, 0.3) is 0 Å². The van der Waals surface area contributed by atoms with Crippen molar-refractivity contribution in [2.75, 3.05) is 16.8 Å². The summed E-state index contributed by atoms with van der Waals surface area (Å²) in [5.74, 6) is 0.226. The van der Waals surface area contributed by atoms with E-state index in [4.69, 9.17) is 0 Å². The summed E-state index contributed by atoms with van der Waals surface area (Å²) in [6, 6.07) is 7.47. The molecule has 1 heterocycles. The summed E-state index contributed by atoms with van der Waals surface area (Å²) < 4.78 is 0. The number of carbonyl (C=O) groups is 2. The van der Waals surface area contributed by atoms with Gasteiger partial charge in [0.2, 0.25) is 11.8 Å². The Kier molecular flexibility index (Phi) is 4.20. The molecule has 19 heavy (non-hydrogen) atoms. The van der Waals surface area contributed by atoms with E-state index < -0.39 is 0 Å². The Labute approximate surface area is 113 Å². The fraction of sp³-hybridized carbons (Fsp3) is 0.467. The maximum absolute atomic E-state index is 11.8. The lowest BCUT2D eigenvalue weighted by atomic mass is 10.1. The highest BCUT2D eigenvalue weighted by Gasteiger charge is 2.21. The molecule has 1 N–H and O–H groups in total. The van der Waals surface area contributed by atoms with E-state index in [9.17, 15) is 9.59 Å². The molecule has 1 aromatic rings. The minimum absolute atomic E-state index is 0.0137. The second-order valence-corrected chi connectivity index (χ2v) is 4.99. The highest BCUT2D eigenvalue weighted by atomic mass is 16.2. The van der Waals surface area contributed by atoms with Gasteiger partial charge in [-0.1, -0.05) is 13.8 Å². The van der Waals surface area contributed by atoms with Gasteiger partial charge in [0.1, 0.15) is 0 Å². The van der Waals surface area contributed by atoms with E-state index in [1.165, 1.54) is 0 Å². The van der Waals surface area contributed by atoms with Crippen LogP contribution in [0, 0.1) is 5.92 Å². The van der Waals surface area contributed by atoms with Crippen molar-refractivity contribution in [3.05, 3.63) is 24.3 Å². The standard InChI is InChI=1S/C15H20N2O2/c1-3-11(2)15(19)16-12-6-8-13(9-7-12)17-10-4-5-14(17)18/h6-9,11H,3-5,10H2,1-2H3,(H,16,19). The van der Waals surface area contributed by atoms with Crippen molar-refractivity contribution in [1.82, 2.24) is 0 Å². The Morgan fingerprint density at radius 2 is 2.05 bits per heavy atom. The van der Waals surface area contributed by atoms with Crippen LogP contribution in [0.1, 0.15) is 33.1 Å². The molecule has 102 valence electrons. The van der Waals surface area contributed by atoms with E-state index in [1.54, 1.807) is 4.90 Å². The molecule has 1 aliphatic rings. The molecule has 0 radical (unpaired) electrons. The molecule has 4 heteroatoms. The number of nitrogens with zero attached hydrogens (tertiary/aromatic N) is 1. The van der Waals surface area contributed by atoms with Crippen LogP contribution in [0.3, 0.4) is 0 Å². The highest BCUT2D eigenvalue weighted by molar-refractivity contribution is 5.96. The summed E-state index contributed by atoms with van der Waals surface area (Å²) in [5.41, 5.74) is 1.68. The van der Waals surface area contributed by atoms with Crippen molar-refractivity contribution < 1.29 is 9.59 Å². The van der Waals surface area contributed by atoms with Crippen molar-refractivity contribution in [3.63, 3.8) is 0 Å². The maximum atomic E-state index is 11.8. The van der Waals surface area contributed by atoms with Gasteiger partial charge in [-0.05, 0) is 37.1 Å². The molecular formula is C15H20N2O2. The van der Waals surface area contributed by atoms with E-state index >= 15 is 0 Å². The van der Waals surface area contributed by atoms with Gasteiger partial charge in [0.15, 0.2) is 0 Å². The summed E-state index contributed by atoms with van der Waals surface area (Å²) in [6.45, 7) is 4.69. The third-order valence-electron chi connectivity index (χ3n) is 3.58. The first-order valence-corrected chi connectivity index (χ1v) is 6.83. The number of amides is 2. The minimum atomic E-state index is 0.0137. The molecular weight excluding hydrogens is 240 g/mol. The van der Waals surface area contributed by atoms with E-state index in [0.717, 1.165) is 30.8 Å². The van der Waals surface area contributed by atoms with Crippen LogP contribution in [0.5, 0.6) is 0 Å². The molecule has 0 aromatic heterocycles. The molecule has 2 rings (SSSR count). The molecule has 2 amide bonds. The lowest BCUT2D eigenvalue weighted by molar-refractivity contribution is -0.119. The minimum Gasteiger partial charge on any atom is -0.326 e. The van der Waals surface area contributed by atoms with Crippen LogP contribution in [0.4, 0.5) is 11.4 Å². The predicted octanol–water partition coefficient (Wildman–Crippen LogP) is 2.80. The van der Waals surface area contributed by atoms with Crippen LogP contribution in [-0.4, -0.2) is 18.4 Å². The van der Waals surface area contributed by atoms with Crippen LogP contribution in [0.2, 0.25) is 0 Å². The molecule has 0 bridgehead atoms. The summed E-state index contributed by atoms with van der Waals surface area (Å²) in [7, 11) is 0. The van der Waals surface area contributed by atoms with Crippen molar-refractivity contribution in [2.45, 2.75) is 33.1 Å². The zero-order chi connectivity index (χ0) is 13.8. The number of hydrogen-bond acceptors (Lipinski definition) is 2. The SMILES string of the molecule is CCC(C)C(=O)Nc1ccc(N2CCCC2=O)cc1. The van der Waals surface area contributed by atoms with Crippen molar-refractivity contribution in [1.29, 1.82) is 0 Å². The highest BCUT2D eigenvalue weighted by Crippen LogP contribution is 2.23. The first kappa shape index (κ1) is 13.6. The van der Waals surface area contributed by atoms with E-state index in [2.05, 4.69) is 5.32 Å². The number of carbonyl (C=O) groups excluding carboxylic acids is 2. The molecule has 1 saturated heterocycles. The van der Waals surface area contributed by atoms with E-state index in [1.807, 2.05) is 38.1 Å². The number of hydrogen-bond donors (Lipinski definition) is 1. The smallest absolute Gasteiger partial charge is 0.227 e. The molecule has 4 nitrogen and oxygen atoms in total. The number of rotatable bonds is 4. The van der Waals surface area contributed by atoms with Crippen LogP contribution >= 0.6 is 0 Å². The molecule has 1 unspecified atom stereocenters. The third-order valence-corrected chi connectivity index (χ3v) is 3.58. The monoisotopic (exact) mass is 260 g/mol. The molecule has 1 atom stereocenters. The Bertz CT molecular complexity index is 468. The second-order valence-electron chi connectivity index (χ2n) is 4.99. The zero-order valence-corrected chi connectivity index (χ0v) is 11.5. The fourth-order valence-corrected chi connectivity index (χ4v) is 2.10. The van der Waals surface area contributed by atoms with Gasteiger partial charge in [-0.3, -0.25) is 9.59 Å². The lowest BCUT2D eigenvalue weighted by Crippen LogP contribution is -2.23. The largest absolute Gasteiger partial charge is 0.326 e. The van der Waals surface area contributed by atoms with Gasteiger partial charge < -0.3 is 10.2 Å². The summed E-state index contributed by atoms with van der Waals surface area (Å²) in [4.78, 5) is 25.2. The number of benzene rings is 1. The van der Waals surface area contributed by atoms with Gasteiger partial charge >= 0.3 is 0 Å². The predicted molar refractivity (Wildman–Crippen MR) is 76.1 cm³/mol. The van der Waals surface area contributed by atoms with Gasteiger partial charge in [-0.2, -0.15) is 0 Å². The first-order valence-electron chi connectivity index (χ1n) is 6.83. The van der Waals surface area contributed by atoms with Gasteiger partial charge in [-0.15, -0.1) is 0 Å². The maximum Gasteiger partial charge on any atom is 0.227 e. The Morgan fingerprint density at radius 3 is 2.58 bits per heavy atom. The molecule has 0 saturated carbocycles. The van der Waals surface area contributed by atoms with E-state index in [0.29, 0.717) is 6.42 Å². The van der Waals surface area contributed by atoms with Crippen LogP contribution in [0.25, 0.3) is 0 Å². The quantitative estimate of drug-likeness (QED) is 0.905. The third kappa shape index (κ3) is 3.13. The van der Waals surface area contributed by atoms with Gasteiger partial charge in [0, 0.05) is 30.3 Å². The topological polar surface area (TPSA) is 49.4 Å². The number of nitrogens with one attached hydrogen (secondary N) is 1. The zero-order valence-electron chi connectivity index (χ0n) is 11.5. The average molecular weight is 260 g/mol. The Morgan fingerprint density at radius 1 is 1.37 bits per heavy atom. The van der Waals surface area contributed by atoms with Crippen LogP contribution in [-0.2, 0) is 9.59 Å². The van der Waals surface area contributed by atoms with Crippen molar-refractivity contribution in [2.24, 2.45) is 5.92 Å². The van der Waals surface area contributed by atoms with Crippen LogP contribution in [0.15, 0.2) is 24.3 Å². The van der Waals surface area contributed by atoms with Gasteiger partial charge in [0.05, 0.1) is 0 Å². The number of anilines is 2. The fourth-order valence-electron chi connectivity index (χ4n) is 2.10. The summed E-state index contributed by atoms with van der Waals surface area (Å²) in [6.07, 6.45) is 2.38. The summed E-state index contributed by atoms with van der Waals surface area (Å²) in [5, 5.41) is 2.88. The van der Waals surface area contributed by atoms with Crippen LogP contribution < -0.4 is 10.2 Å². The van der Waals surface area contributed by atoms with Crippen molar-refractivity contribution >= 4 is 23.2 Å². The molecule has 1 fully saturated rings. The molecule has 0 aliphatic carbocycles. The average Bonchev–Trinajstić information content (AvgIpc) is 2.85. The Balaban J connectivity index is 2.02. The lowest BCUT2D eigenvalue weighted by Gasteiger charge is -2.16. The Hall–Kier alpha value is -1.84.